The van der Waals surface area contributed by atoms with Gasteiger partial charge in [-0.2, -0.15) is 0 Å². The number of benzene rings is 2. The molecule has 0 spiro atoms. The highest BCUT2D eigenvalue weighted by molar-refractivity contribution is 5.99. The smallest absolute Gasteiger partial charge is 0.252 e. The monoisotopic (exact) mass is 255 g/mol. The van der Waals surface area contributed by atoms with Gasteiger partial charge in [-0.1, -0.05) is 24.3 Å². The molecule has 0 bridgehead atoms. The SMILES string of the molecule is COc1c(C(N)=O)ccc2c1-c1ccccc1CO2. The summed E-state index contributed by atoms with van der Waals surface area (Å²) in [6.45, 7) is 0.516. The fraction of sp³-hybridized carbons (Fsp3) is 0.133. The van der Waals surface area contributed by atoms with E-state index in [2.05, 4.69) is 0 Å². The Labute approximate surface area is 110 Å². The molecule has 1 heterocycles. The Hall–Kier alpha value is -2.49. The number of fused-ring (bicyclic) bond motifs is 3. The normalized spacial score (nSPS) is 12.1. The molecule has 3 rings (SSSR count). The molecule has 0 saturated carbocycles. The lowest BCUT2D eigenvalue weighted by molar-refractivity contribution is 0.0997. The van der Waals surface area contributed by atoms with Crippen molar-refractivity contribution in [3.63, 3.8) is 0 Å². The van der Waals surface area contributed by atoms with Gasteiger partial charge >= 0.3 is 0 Å². The van der Waals surface area contributed by atoms with Crippen molar-refractivity contribution in [2.24, 2.45) is 5.73 Å². The number of ether oxygens (including phenoxy) is 2. The number of carbonyl (C=O) groups excluding carboxylic acids is 1. The van der Waals surface area contributed by atoms with E-state index in [9.17, 15) is 4.79 Å². The number of carbonyl (C=O) groups is 1. The molecular weight excluding hydrogens is 242 g/mol. The zero-order valence-electron chi connectivity index (χ0n) is 10.5. The highest BCUT2D eigenvalue weighted by Gasteiger charge is 2.24. The van der Waals surface area contributed by atoms with E-state index < -0.39 is 5.91 Å². The van der Waals surface area contributed by atoms with Crippen LogP contribution in [0.25, 0.3) is 11.1 Å². The van der Waals surface area contributed by atoms with E-state index in [1.807, 2.05) is 24.3 Å². The first-order valence-electron chi connectivity index (χ1n) is 5.94. The number of amides is 1. The van der Waals surface area contributed by atoms with Crippen LogP contribution in [0.4, 0.5) is 0 Å². The Kier molecular flexibility index (Phi) is 2.63. The van der Waals surface area contributed by atoms with E-state index in [-0.39, 0.29) is 0 Å². The van der Waals surface area contributed by atoms with Crippen LogP contribution in [0.15, 0.2) is 36.4 Å². The van der Waals surface area contributed by atoms with E-state index in [4.69, 9.17) is 15.2 Å². The maximum atomic E-state index is 11.5. The molecule has 1 aliphatic heterocycles. The summed E-state index contributed by atoms with van der Waals surface area (Å²) in [6, 6.07) is 11.3. The number of hydrogen-bond donors (Lipinski definition) is 1. The molecule has 19 heavy (non-hydrogen) atoms. The topological polar surface area (TPSA) is 61.5 Å². The van der Waals surface area contributed by atoms with Gasteiger partial charge in [0.1, 0.15) is 18.1 Å². The molecule has 2 aromatic rings. The summed E-state index contributed by atoms with van der Waals surface area (Å²) in [4.78, 5) is 11.5. The van der Waals surface area contributed by atoms with E-state index in [1.54, 1.807) is 12.1 Å². The Morgan fingerprint density at radius 3 is 2.79 bits per heavy atom. The first-order chi connectivity index (χ1) is 9.22. The standard InChI is InChI=1S/C15H13NO3/c1-18-14-11(15(16)17)6-7-12-13(14)10-5-3-2-4-9(10)8-19-12/h2-7H,8H2,1H3,(H2,16,17). The van der Waals surface area contributed by atoms with Crippen molar-refractivity contribution in [1.82, 2.24) is 0 Å². The summed E-state index contributed by atoms with van der Waals surface area (Å²) in [5, 5.41) is 0. The minimum absolute atomic E-state index is 0.363. The second-order valence-corrected chi connectivity index (χ2v) is 4.33. The van der Waals surface area contributed by atoms with Crippen LogP contribution in [-0.2, 0) is 6.61 Å². The minimum atomic E-state index is -0.511. The van der Waals surface area contributed by atoms with Gasteiger partial charge in [0, 0.05) is 0 Å². The molecule has 4 heteroatoms. The summed E-state index contributed by atoms with van der Waals surface area (Å²) in [6.07, 6.45) is 0. The van der Waals surface area contributed by atoms with E-state index in [0.717, 1.165) is 16.7 Å². The predicted octanol–water partition coefficient (Wildman–Crippen LogP) is 2.35. The van der Waals surface area contributed by atoms with Crippen LogP contribution in [0, 0.1) is 0 Å². The molecule has 96 valence electrons. The molecular formula is C15H13NO3. The summed E-state index contributed by atoms with van der Waals surface area (Å²) in [5.74, 6) is 0.667. The Bertz CT molecular complexity index is 664. The van der Waals surface area contributed by atoms with Crippen molar-refractivity contribution in [2.75, 3.05) is 7.11 Å². The second kappa shape index (κ2) is 4.31. The molecule has 0 fully saturated rings. The van der Waals surface area contributed by atoms with Gasteiger partial charge in [-0.15, -0.1) is 0 Å². The lowest BCUT2D eigenvalue weighted by Gasteiger charge is -2.23. The van der Waals surface area contributed by atoms with Crippen LogP contribution in [0.3, 0.4) is 0 Å². The van der Waals surface area contributed by atoms with Gasteiger partial charge < -0.3 is 15.2 Å². The van der Waals surface area contributed by atoms with E-state index >= 15 is 0 Å². The highest BCUT2D eigenvalue weighted by atomic mass is 16.5. The van der Waals surface area contributed by atoms with Crippen LogP contribution < -0.4 is 15.2 Å². The predicted molar refractivity (Wildman–Crippen MR) is 71.3 cm³/mol. The Morgan fingerprint density at radius 2 is 2.05 bits per heavy atom. The largest absolute Gasteiger partial charge is 0.495 e. The minimum Gasteiger partial charge on any atom is -0.495 e. The van der Waals surface area contributed by atoms with E-state index in [1.165, 1.54) is 7.11 Å². The van der Waals surface area contributed by atoms with Crippen molar-refractivity contribution < 1.29 is 14.3 Å². The molecule has 0 radical (unpaired) electrons. The van der Waals surface area contributed by atoms with E-state index in [0.29, 0.717) is 23.7 Å². The van der Waals surface area contributed by atoms with Crippen LogP contribution >= 0.6 is 0 Å². The molecule has 0 saturated heterocycles. The molecule has 1 aliphatic rings. The number of primary amides is 1. The van der Waals surface area contributed by atoms with Crippen molar-refractivity contribution >= 4 is 5.91 Å². The molecule has 2 aromatic carbocycles. The van der Waals surface area contributed by atoms with Gasteiger partial charge in [0.2, 0.25) is 0 Å². The van der Waals surface area contributed by atoms with Crippen molar-refractivity contribution in [2.45, 2.75) is 6.61 Å². The number of hydrogen-bond acceptors (Lipinski definition) is 3. The maximum Gasteiger partial charge on any atom is 0.252 e. The van der Waals surface area contributed by atoms with Gasteiger partial charge in [0.05, 0.1) is 18.2 Å². The molecule has 4 nitrogen and oxygen atoms in total. The molecule has 0 atom stereocenters. The third-order valence-electron chi connectivity index (χ3n) is 3.26. The van der Waals surface area contributed by atoms with Crippen LogP contribution in [0.5, 0.6) is 11.5 Å². The first-order valence-corrected chi connectivity index (χ1v) is 5.94. The fourth-order valence-electron chi connectivity index (χ4n) is 2.39. The van der Waals surface area contributed by atoms with Gasteiger partial charge in [0.25, 0.3) is 5.91 Å². The van der Waals surface area contributed by atoms with Gasteiger partial charge in [-0.3, -0.25) is 4.79 Å². The number of methoxy groups -OCH3 is 1. The van der Waals surface area contributed by atoms with Crippen molar-refractivity contribution in [3.8, 4) is 22.6 Å². The molecule has 0 aliphatic carbocycles. The Balaban J connectivity index is 2.33. The summed E-state index contributed by atoms with van der Waals surface area (Å²) >= 11 is 0. The molecule has 2 N–H and O–H groups in total. The molecule has 0 unspecified atom stereocenters. The fourth-order valence-corrected chi connectivity index (χ4v) is 2.39. The van der Waals surface area contributed by atoms with Gasteiger partial charge in [-0.25, -0.2) is 0 Å². The lowest BCUT2D eigenvalue weighted by Crippen LogP contribution is -2.14. The average molecular weight is 255 g/mol. The average Bonchev–Trinajstić information content (AvgIpc) is 2.45. The van der Waals surface area contributed by atoms with Crippen LogP contribution in [0.2, 0.25) is 0 Å². The number of rotatable bonds is 2. The highest BCUT2D eigenvalue weighted by Crippen LogP contribution is 2.45. The summed E-state index contributed by atoms with van der Waals surface area (Å²) in [5.41, 5.74) is 8.62. The van der Waals surface area contributed by atoms with Crippen molar-refractivity contribution in [1.29, 1.82) is 0 Å². The quantitative estimate of drug-likeness (QED) is 0.896. The zero-order valence-corrected chi connectivity index (χ0v) is 10.5. The summed E-state index contributed by atoms with van der Waals surface area (Å²) < 4.78 is 11.1. The first kappa shape index (κ1) is 11.6. The maximum absolute atomic E-state index is 11.5. The van der Waals surface area contributed by atoms with Crippen molar-refractivity contribution in [3.05, 3.63) is 47.5 Å². The van der Waals surface area contributed by atoms with Gasteiger partial charge in [0.15, 0.2) is 0 Å². The third-order valence-corrected chi connectivity index (χ3v) is 3.26. The second-order valence-electron chi connectivity index (χ2n) is 4.33. The Morgan fingerprint density at radius 1 is 1.26 bits per heavy atom. The van der Waals surface area contributed by atoms with Crippen LogP contribution in [-0.4, -0.2) is 13.0 Å². The molecule has 1 amide bonds. The lowest BCUT2D eigenvalue weighted by atomic mass is 9.94. The number of nitrogens with two attached hydrogens (primary N) is 1. The molecule has 0 aromatic heterocycles. The van der Waals surface area contributed by atoms with Crippen LogP contribution in [0.1, 0.15) is 15.9 Å². The summed E-state index contributed by atoms with van der Waals surface area (Å²) in [7, 11) is 1.53. The van der Waals surface area contributed by atoms with Gasteiger partial charge in [-0.05, 0) is 23.3 Å². The third kappa shape index (κ3) is 1.73. The zero-order chi connectivity index (χ0) is 13.4.